The number of nitrogens with one attached hydrogen (secondary N) is 1. The van der Waals surface area contributed by atoms with Crippen LogP contribution in [0.3, 0.4) is 0 Å². The Morgan fingerprint density at radius 2 is 2.56 bits per heavy atom. The standard InChI is InChI=1S/C12H18N4O2/c1-16-4-5-18-9(8-16)6-15-12(17)10-2-3-14-7-11(10)13/h2-3,7,9H,4-6,8,13H2,1H3,(H,15,17). The highest BCUT2D eigenvalue weighted by atomic mass is 16.5. The molecule has 1 atom stereocenters. The average molecular weight is 250 g/mol. The van der Waals surface area contributed by atoms with Crippen LogP contribution in [0.15, 0.2) is 18.5 Å². The van der Waals surface area contributed by atoms with Gasteiger partial charge in [0.15, 0.2) is 0 Å². The fourth-order valence-corrected chi connectivity index (χ4v) is 1.91. The smallest absolute Gasteiger partial charge is 0.253 e. The van der Waals surface area contributed by atoms with Gasteiger partial charge in [0.2, 0.25) is 0 Å². The Bertz CT molecular complexity index is 424. The lowest BCUT2D eigenvalue weighted by molar-refractivity contribution is -0.0174. The van der Waals surface area contributed by atoms with Crippen molar-refractivity contribution in [2.24, 2.45) is 0 Å². The largest absolute Gasteiger partial charge is 0.397 e. The van der Waals surface area contributed by atoms with Gasteiger partial charge in [-0.25, -0.2) is 0 Å². The molecule has 3 N–H and O–H groups in total. The van der Waals surface area contributed by atoms with E-state index in [1.54, 1.807) is 12.3 Å². The Morgan fingerprint density at radius 1 is 1.72 bits per heavy atom. The van der Waals surface area contributed by atoms with Crippen molar-refractivity contribution in [1.29, 1.82) is 0 Å². The van der Waals surface area contributed by atoms with Gasteiger partial charge in [0.05, 0.1) is 30.2 Å². The van der Waals surface area contributed by atoms with Crippen molar-refractivity contribution in [3.8, 4) is 0 Å². The fraction of sp³-hybridized carbons (Fsp3) is 0.500. The van der Waals surface area contributed by atoms with E-state index in [1.807, 2.05) is 7.05 Å². The van der Waals surface area contributed by atoms with E-state index in [-0.39, 0.29) is 12.0 Å². The van der Waals surface area contributed by atoms with Crippen LogP contribution >= 0.6 is 0 Å². The molecule has 98 valence electrons. The number of amides is 1. The zero-order valence-electron chi connectivity index (χ0n) is 10.4. The van der Waals surface area contributed by atoms with Gasteiger partial charge in [-0.2, -0.15) is 0 Å². The highest BCUT2D eigenvalue weighted by Gasteiger charge is 2.19. The molecule has 1 aliphatic heterocycles. The molecular formula is C12H18N4O2. The first kappa shape index (κ1) is 12.8. The third kappa shape index (κ3) is 3.18. The lowest BCUT2D eigenvalue weighted by atomic mass is 10.2. The van der Waals surface area contributed by atoms with Crippen LogP contribution in [0.1, 0.15) is 10.4 Å². The number of likely N-dealkylation sites (N-methyl/N-ethyl adjacent to an activating group) is 1. The number of aromatic nitrogens is 1. The molecule has 2 rings (SSSR count). The summed E-state index contributed by atoms with van der Waals surface area (Å²) in [6.45, 7) is 2.95. The SMILES string of the molecule is CN1CCOC(CNC(=O)c2ccncc2N)C1. The van der Waals surface area contributed by atoms with Crippen molar-refractivity contribution in [3.05, 3.63) is 24.0 Å². The summed E-state index contributed by atoms with van der Waals surface area (Å²) < 4.78 is 5.56. The molecule has 1 unspecified atom stereocenters. The van der Waals surface area contributed by atoms with Crippen LogP contribution < -0.4 is 11.1 Å². The maximum atomic E-state index is 11.9. The number of nitrogens with two attached hydrogens (primary N) is 1. The van der Waals surface area contributed by atoms with Crippen LogP contribution in [0.25, 0.3) is 0 Å². The Hall–Kier alpha value is -1.66. The third-order valence-electron chi connectivity index (χ3n) is 2.93. The van der Waals surface area contributed by atoms with E-state index in [9.17, 15) is 4.79 Å². The van der Waals surface area contributed by atoms with Gasteiger partial charge in [0.25, 0.3) is 5.91 Å². The van der Waals surface area contributed by atoms with Gasteiger partial charge in [-0.15, -0.1) is 0 Å². The minimum Gasteiger partial charge on any atom is -0.397 e. The molecule has 0 aliphatic carbocycles. The van der Waals surface area contributed by atoms with Crippen LogP contribution in [-0.4, -0.2) is 55.2 Å². The van der Waals surface area contributed by atoms with Gasteiger partial charge in [-0.1, -0.05) is 0 Å². The maximum absolute atomic E-state index is 11.9. The van der Waals surface area contributed by atoms with Gasteiger partial charge in [-0.3, -0.25) is 9.78 Å². The van der Waals surface area contributed by atoms with Gasteiger partial charge in [0.1, 0.15) is 0 Å². The molecule has 6 nitrogen and oxygen atoms in total. The number of nitrogen functional groups attached to an aromatic ring is 1. The molecule has 1 amide bonds. The van der Waals surface area contributed by atoms with Crippen LogP contribution in [0.5, 0.6) is 0 Å². The molecule has 1 aliphatic rings. The van der Waals surface area contributed by atoms with E-state index in [0.29, 0.717) is 24.4 Å². The maximum Gasteiger partial charge on any atom is 0.253 e. The Morgan fingerprint density at radius 3 is 3.28 bits per heavy atom. The number of morpholine rings is 1. The number of carbonyl (C=O) groups excluding carboxylic acids is 1. The lowest BCUT2D eigenvalue weighted by Crippen LogP contribution is -2.46. The highest BCUT2D eigenvalue weighted by molar-refractivity contribution is 5.98. The summed E-state index contributed by atoms with van der Waals surface area (Å²) in [5.74, 6) is -0.188. The second-order valence-corrected chi connectivity index (χ2v) is 4.43. The molecule has 1 saturated heterocycles. The van der Waals surface area contributed by atoms with Crippen molar-refractivity contribution in [2.75, 3.05) is 39.0 Å². The predicted octanol–water partition coefficient (Wildman–Crippen LogP) is -0.276. The summed E-state index contributed by atoms with van der Waals surface area (Å²) in [6, 6.07) is 1.61. The summed E-state index contributed by atoms with van der Waals surface area (Å²) >= 11 is 0. The normalized spacial score (nSPS) is 20.6. The zero-order valence-corrected chi connectivity index (χ0v) is 10.4. The van der Waals surface area contributed by atoms with E-state index in [0.717, 1.165) is 13.1 Å². The summed E-state index contributed by atoms with van der Waals surface area (Å²) in [6.07, 6.45) is 3.06. The van der Waals surface area contributed by atoms with Crippen molar-refractivity contribution in [3.63, 3.8) is 0 Å². The second-order valence-electron chi connectivity index (χ2n) is 4.43. The second kappa shape index (κ2) is 5.79. The van der Waals surface area contributed by atoms with Crippen LogP contribution in [0.2, 0.25) is 0 Å². The van der Waals surface area contributed by atoms with Crippen molar-refractivity contribution in [2.45, 2.75) is 6.10 Å². The zero-order chi connectivity index (χ0) is 13.0. The molecule has 0 spiro atoms. The van der Waals surface area contributed by atoms with Gasteiger partial charge in [0, 0.05) is 25.8 Å². The first-order valence-electron chi connectivity index (χ1n) is 5.94. The third-order valence-corrected chi connectivity index (χ3v) is 2.93. The molecule has 18 heavy (non-hydrogen) atoms. The van der Waals surface area contributed by atoms with Crippen LogP contribution in [-0.2, 0) is 4.74 Å². The minimum absolute atomic E-state index is 0.0377. The summed E-state index contributed by atoms with van der Waals surface area (Å²) in [5.41, 5.74) is 6.53. The molecule has 0 aromatic carbocycles. The van der Waals surface area contributed by atoms with Gasteiger partial charge < -0.3 is 20.7 Å². The molecule has 1 aromatic heterocycles. The number of hydrogen-bond donors (Lipinski definition) is 2. The molecule has 0 saturated carbocycles. The first-order chi connectivity index (χ1) is 8.66. The number of rotatable bonds is 3. The van der Waals surface area contributed by atoms with E-state index < -0.39 is 0 Å². The lowest BCUT2D eigenvalue weighted by Gasteiger charge is -2.30. The molecule has 0 bridgehead atoms. The van der Waals surface area contributed by atoms with Crippen molar-refractivity contribution >= 4 is 11.6 Å². The highest BCUT2D eigenvalue weighted by Crippen LogP contribution is 2.08. The van der Waals surface area contributed by atoms with E-state index in [2.05, 4.69) is 15.2 Å². The van der Waals surface area contributed by atoms with Crippen molar-refractivity contribution < 1.29 is 9.53 Å². The number of pyridine rings is 1. The molecule has 2 heterocycles. The van der Waals surface area contributed by atoms with E-state index in [4.69, 9.17) is 10.5 Å². The number of nitrogens with zero attached hydrogens (tertiary/aromatic N) is 2. The Balaban J connectivity index is 1.87. The van der Waals surface area contributed by atoms with E-state index in [1.165, 1.54) is 6.20 Å². The monoisotopic (exact) mass is 250 g/mol. The number of anilines is 1. The van der Waals surface area contributed by atoms with Gasteiger partial charge in [-0.05, 0) is 13.1 Å². The molecule has 6 heteroatoms. The van der Waals surface area contributed by atoms with Crippen LogP contribution in [0.4, 0.5) is 5.69 Å². The number of carbonyl (C=O) groups is 1. The molecule has 0 radical (unpaired) electrons. The average Bonchev–Trinajstić information content (AvgIpc) is 2.37. The van der Waals surface area contributed by atoms with Gasteiger partial charge >= 0.3 is 0 Å². The first-order valence-corrected chi connectivity index (χ1v) is 5.94. The molecule has 1 aromatic rings. The summed E-state index contributed by atoms with van der Waals surface area (Å²) in [7, 11) is 2.04. The predicted molar refractivity (Wildman–Crippen MR) is 68.2 cm³/mol. The fourth-order valence-electron chi connectivity index (χ4n) is 1.91. The van der Waals surface area contributed by atoms with Crippen LogP contribution in [0, 0.1) is 0 Å². The minimum atomic E-state index is -0.188. The number of ether oxygens (including phenoxy) is 1. The summed E-state index contributed by atoms with van der Waals surface area (Å²) in [4.78, 5) is 17.9. The van der Waals surface area contributed by atoms with Crippen molar-refractivity contribution in [1.82, 2.24) is 15.2 Å². The number of hydrogen-bond acceptors (Lipinski definition) is 5. The molecular weight excluding hydrogens is 232 g/mol. The summed E-state index contributed by atoms with van der Waals surface area (Å²) in [5, 5.41) is 2.83. The van der Waals surface area contributed by atoms with E-state index >= 15 is 0 Å². The Labute approximate surface area is 106 Å². The Kier molecular flexibility index (Phi) is 4.11. The quantitative estimate of drug-likeness (QED) is 0.771. The topological polar surface area (TPSA) is 80.5 Å². The molecule has 1 fully saturated rings.